The molecule has 0 radical (unpaired) electrons. The lowest BCUT2D eigenvalue weighted by atomic mass is 10.1. The number of rotatable bonds is 3. The molecule has 2 amide bonds. The van der Waals surface area contributed by atoms with Gasteiger partial charge in [-0.2, -0.15) is 0 Å². The fraction of sp³-hybridized carbons (Fsp3) is 0.0500. The predicted molar refractivity (Wildman–Crippen MR) is 97.1 cm³/mol. The maximum absolute atomic E-state index is 12.4. The molecule has 0 bridgehead atoms. The lowest BCUT2D eigenvalue weighted by Gasteiger charge is -2.26. The molecule has 2 aromatic carbocycles. The number of hydrogen-bond donors (Lipinski definition) is 2. The van der Waals surface area contributed by atoms with Crippen LogP contribution in [0.1, 0.15) is 22.0 Å². The van der Waals surface area contributed by atoms with Gasteiger partial charge in [-0.15, -0.1) is 0 Å². The number of carbonyl (C=O) groups excluding carboxylic acids is 2. The van der Waals surface area contributed by atoms with E-state index >= 15 is 0 Å². The molecule has 0 saturated carbocycles. The molecule has 1 unspecified atom stereocenters. The SMILES string of the molecule is O=C(Nc1ccc2c(c1)NC(=O)C(c1ccccc1)O2)c1ccncc1. The standard InChI is InChI=1S/C20H15N3O3/c24-19(14-8-10-21-11-9-14)22-15-6-7-17-16(12-15)23-20(25)18(26-17)13-4-2-1-3-5-13/h1-12,18H,(H,22,24)(H,23,25). The third kappa shape index (κ3) is 3.12. The number of pyridine rings is 1. The number of amides is 2. The Balaban J connectivity index is 1.54. The van der Waals surface area contributed by atoms with E-state index in [2.05, 4.69) is 15.6 Å². The number of anilines is 2. The van der Waals surface area contributed by atoms with Crippen LogP contribution in [-0.4, -0.2) is 16.8 Å². The van der Waals surface area contributed by atoms with Crippen LogP contribution in [0.5, 0.6) is 5.75 Å². The highest BCUT2D eigenvalue weighted by Gasteiger charge is 2.29. The lowest BCUT2D eigenvalue weighted by molar-refractivity contribution is -0.123. The van der Waals surface area contributed by atoms with Crippen LogP contribution in [0.25, 0.3) is 0 Å². The Hall–Kier alpha value is -3.67. The molecule has 2 N–H and O–H groups in total. The third-order valence-corrected chi connectivity index (χ3v) is 4.02. The Morgan fingerprint density at radius 2 is 1.81 bits per heavy atom. The molecule has 1 aliphatic heterocycles. The lowest BCUT2D eigenvalue weighted by Crippen LogP contribution is -2.30. The van der Waals surface area contributed by atoms with Crippen LogP contribution in [0, 0.1) is 0 Å². The summed E-state index contributed by atoms with van der Waals surface area (Å²) in [6.07, 6.45) is 2.42. The van der Waals surface area contributed by atoms with Crippen molar-refractivity contribution >= 4 is 23.2 Å². The summed E-state index contributed by atoms with van der Waals surface area (Å²) < 4.78 is 5.84. The van der Waals surface area contributed by atoms with Gasteiger partial charge in [-0.25, -0.2) is 0 Å². The largest absolute Gasteiger partial charge is 0.474 e. The van der Waals surface area contributed by atoms with Gasteiger partial charge in [0.25, 0.3) is 11.8 Å². The van der Waals surface area contributed by atoms with Gasteiger partial charge in [0, 0.05) is 29.2 Å². The summed E-state index contributed by atoms with van der Waals surface area (Å²) >= 11 is 0. The number of aromatic nitrogens is 1. The van der Waals surface area contributed by atoms with E-state index in [1.165, 1.54) is 0 Å². The second kappa shape index (κ2) is 6.68. The summed E-state index contributed by atoms with van der Waals surface area (Å²) in [7, 11) is 0. The number of nitrogens with one attached hydrogen (secondary N) is 2. The summed E-state index contributed by atoms with van der Waals surface area (Å²) in [6, 6.07) is 17.7. The van der Waals surface area contributed by atoms with Gasteiger partial charge in [-0.3, -0.25) is 14.6 Å². The molecule has 6 nitrogen and oxygen atoms in total. The van der Waals surface area contributed by atoms with Crippen LogP contribution in [0.4, 0.5) is 11.4 Å². The molecule has 128 valence electrons. The molecule has 0 fully saturated rings. The molecule has 0 saturated heterocycles. The van der Waals surface area contributed by atoms with Gasteiger partial charge in [0.05, 0.1) is 5.69 Å². The van der Waals surface area contributed by atoms with Crippen LogP contribution in [-0.2, 0) is 4.79 Å². The van der Waals surface area contributed by atoms with E-state index in [1.807, 2.05) is 30.3 Å². The van der Waals surface area contributed by atoms with E-state index in [0.717, 1.165) is 5.56 Å². The van der Waals surface area contributed by atoms with Gasteiger partial charge in [0.2, 0.25) is 6.10 Å². The average Bonchev–Trinajstić information content (AvgIpc) is 2.69. The number of carbonyl (C=O) groups is 2. The highest BCUT2D eigenvalue weighted by molar-refractivity contribution is 6.05. The van der Waals surface area contributed by atoms with E-state index in [4.69, 9.17) is 4.74 Å². The fourth-order valence-electron chi connectivity index (χ4n) is 2.74. The van der Waals surface area contributed by atoms with E-state index in [-0.39, 0.29) is 11.8 Å². The summed E-state index contributed by atoms with van der Waals surface area (Å²) in [6.45, 7) is 0. The van der Waals surface area contributed by atoms with Crippen molar-refractivity contribution in [1.82, 2.24) is 4.98 Å². The Bertz CT molecular complexity index is 959. The average molecular weight is 345 g/mol. The molecule has 1 aromatic heterocycles. The van der Waals surface area contributed by atoms with Gasteiger partial charge in [0.15, 0.2) is 0 Å². The minimum Gasteiger partial charge on any atom is -0.474 e. The van der Waals surface area contributed by atoms with Gasteiger partial charge in [-0.05, 0) is 30.3 Å². The molecule has 1 aliphatic rings. The quantitative estimate of drug-likeness (QED) is 0.762. The molecule has 6 heteroatoms. The van der Waals surface area contributed by atoms with Crippen LogP contribution < -0.4 is 15.4 Å². The van der Waals surface area contributed by atoms with Crippen molar-refractivity contribution in [3.05, 3.63) is 84.2 Å². The van der Waals surface area contributed by atoms with Crippen molar-refractivity contribution in [3.63, 3.8) is 0 Å². The van der Waals surface area contributed by atoms with Crippen LogP contribution >= 0.6 is 0 Å². The van der Waals surface area contributed by atoms with Gasteiger partial charge >= 0.3 is 0 Å². The highest BCUT2D eigenvalue weighted by atomic mass is 16.5. The maximum Gasteiger partial charge on any atom is 0.270 e. The smallest absolute Gasteiger partial charge is 0.270 e. The number of hydrogen-bond acceptors (Lipinski definition) is 4. The molecule has 0 spiro atoms. The molecule has 26 heavy (non-hydrogen) atoms. The summed E-state index contributed by atoms with van der Waals surface area (Å²) in [5.41, 5.74) is 2.37. The van der Waals surface area contributed by atoms with Gasteiger partial charge < -0.3 is 15.4 Å². The maximum atomic E-state index is 12.4. The van der Waals surface area contributed by atoms with E-state index in [0.29, 0.717) is 22.7 Å². The Morgan fingerprint density at radius 3 is 2.58 bits per heavy atom. The molecular formula is C20H15N3O3. The van der Waals surface area contributed by atoms with E-state index < -0.39 is 6.10 Å². The topological polar surface area (TPSA) is 80.3 Å². The predicted octanol–water partition coefficient (Wildman–Crippen LogP) is 3.41. The van der Waals surface area contributed by atoms with Crippen molar-refractivity contribution in [2.24, 2.45) is 0 Å². The molecule has 4 rings (SSSR count). The molecule has 2 heterocycles. The van der Waals surface area contributed by atoms with Gasteiger partial charge in [-0.1, -0.05) is 30.3 Å². The van der Waals surface area contributed by atoms with Crippen LogP contribution in [0.3, 0.4) is 0 Å². The Morgan fingerprint density at radius 1 is 1.04 bits per heavy atom. The minimum absolute atomic E-state index is 0.249. The van der Waals surface area contributed by atoms with E-state index in [9.17, 15) is 9.59 Å². The fourth-order valence-corrected chi connectivity index (χ4v) is 2.74. The first-order valence-corrected chi connectivity index (χ1v) is 8.08. The zero-order valence-electron chi connectivity index (χ0n) is 13.7. The van der Waals surface area contributed by atoms with Crippen molar-refractivity contribution < 1.29 is 14.3 Å². The first-order valence-electron chi connectivity index (χ1n) is 8.08. The number of fused-ring (bicyclic) bond motifs is 1. The molecular weight excluding hydrogens is 330 g/mol. The molecule has 1 atom stereocenters. The zero-order valence-corrected chi connectivity index (χ0v) is 13.7. The van der Waals surface area contributed by atoms with Crippen molar-refractivity contribution in [3.8, 4) is 5.75 Å². The number of benzene rings is 2. The molecule has 0 aliphatic carbocycles. The minimum atomic E-state index is -0.694. The van der Waals surface area contributed by atoms with Crippen LogP contribution in [0.2, 0.25) is 0 Å². The zero-order chi connectivity index (χ0) is 17.9. The first kappa shape index (κ1) is 15.8. The second-order valence-electron chi connectivity index (χ2n) is 5.80. The van der Waals surface area contributed by atoms with Crippen LogP contribution in [0.15, 0.2) is 73.1 Å². The van der Waals surface area contributed by atoms with Crippen molar-refractivity contribution in [2.75, 3.05) is 10.6 Å². The molecule has 3 aromatic rings. The Kier molecular flexibility index (Phi) is 4.07. The first-order chi connectivity index (χ1) is 12.7. The van der Waals surface area contributed by atoms with Gasteiger partial charge in [0.1, 0.15) is 5.75 Å². The second-order valence-corrected chi connectivity index (χ2v) is 5.80. The summed E-state index contributed by atoms with van der Waals surface area (Å²) in [5.74, 6) is 0.0549. The number of ether oxygens (including phenoxy) is 1. The summed E-state index contributed by atoms with van der Waals surface area (Å²) in [4.78, 5) is 28.5. The van der Waals surface area contributed by atoms with Crippen molar-refractivity contribution in [1.29, 1.82) is 0 Å². The Labute approximate surface area is 149 Å². The van der Waals surface area contributed by atoms with Crippen molar-refractivity contribution in [2.45, 2.75) is 6.10 Å². The normalized spacial score (nSPS) is 15.4. The number of nitrogens with zero attached hydrogens (tertiary/aromatic N) is 1. The third-order valence-electron chi connectivity index (χ3n) is 4.02. The highest BCUT2D eigenvalue weighted by Crippen LogP contribution is 2.36. The van der Waals surface area contributed by atoms with E-state index in [1.54, 1.807) is 42.7 Å². The monoisotopic (exact) mass is 345 g/mol. The summed E-state index contributed by atoms with van der Waals surface area (Å²) in [5, 5.41) is 5.63.